The molecule has 0 spiro atoms. The molecule has 2 rings (SSSR count). The van der Waals surface area contributed by atoms with E-state index in [2.05, 4.69) is 15.3 Å². The first-order chi connectivity index (χ1) is 9.18. The van der Waals surface area contributed by atoms with Crippen molar-refractivity contribution in [2.75, 3.05) is 11.9 Å². The van der Waals surface area contributed by atoms with Crippen molar-refractivity contribution >= 4 is 23.1 Å². The molecule has 7 heteroatoms. The number of halogens is 1. The van der Waals surface area contributed by atoms with E-state index in [1.807, 2.05) is 12.1 Å². The molecule has 0 aliphatic carbocycles. The SMILES string of the molecule is O=[N+]([O-])c1c(Cl)ccnc1NCCc1ccncc1. The molecule has 0 aliphatic heterocycles. The fourth-order valence-electron chi connectivity index (χ4n) is 1.61. The molecule has 0 saturated carbocycles. The average molecular weight is 279 g/mol. The van der Waals surface area contributed by atoms with Crippen LogP contribution < -0.4 is 5.32 Å². The highest BCUT2D eigenvalue weighted by Gasteiger charge is 2.19. The van der Waals surface area contributed by atoms with Gasteiger partial charge in [-0.3, -0.25) is 15.1 Å². The van der Waals surface area contributed by atoms with Gasteiger partial charge in [0.1, 0.15) is 5.02 Å². The quantitative estimate of drug-likeness (QED) is 0.672. The van der Waals surface area contributed by atoms with Gasteiger partial charge in [0, 0.05) is 25.1 Å². The lowest BCUT2D eigenvalue weighted by molar-refractivity contribution is -0.384. The van der Waals surface area contributed by atoms with Crippen LogP contribution in [-0.4, -0.2) is 21.4 Å². The van der Waals surface area contributed by atoms with Crippen molar-refractivity contribution in [1.82, 2.24) is 9.97 Å². The minimum Gasteiger partial charge on any atom is -0.364 e. The van der Waals surface area contributed by atoms with E-state index in [-0.39, 0.29) is 16.5 Å². The van der Waals surface area contributed by atoms with Crippen LogP contribution in [0.15, 0.2) is 36.8 Å². The van der Waals surface area contributed by atoms with E-state index in [4.69, 9.17) is 11.6 Å². The summed E-state index contributed by atoms with van der Waals surface area (Å²) in [4.78, 5) is 18.2. The van der Waals surface area contributed by atoms with E-state index in [0.29, 0.717) is 13.0 Å². The molecule has 1 N–H and O–H groups in total. The minimum absolute atomic E-state index is 0.0754. The zero-order chi connectivity index (χ0) is 13.7. The second-order valence-corrected chi connectivity index (χ2v) is 4.19. The maximum Gasteiger partial charge on any atom is 0.329 e. The fourth-order valence-corrected chi connectivity index (χ4v) is 1.82. The number of rotatable bonds is 5. The minimum atomic E-state index is -0.538. The van der Waals surface area contributed by atoms with Crippen molar-refractivity contribution in [1.29, 1.82) is 0 Å². The Kier molecular flexibility index (Phi) is 4.25. The van der Waals surface area contributed by atoms with Crippen LogP contribution in [0.5, 0.6) is 0 Å². The standard InChI is InChI=1S/C12H11ClN4O2/c13-10-4-8-16-12(11(10)17(18)19)15-7-3-9-1-5-14-6-2-9/h1-2,4-6,8H,3,7H2,(H,15,16). The van der Waals surface area contributed by atoms with E-state index >= 15 is 0 Å². The molecule has 0 unspecified atom stereocenters. The molecule has 0 aliphatic rings. The Hall–Kier alpha value is -2.21. The highest BCUT2D eigenvalue weighted by molar-refractivity contribution is 6.33. The summed E-state index contributed by atoms with van der Waals surface area (Å²) >= 11 is 5.79. The van der Waals surface area contributed by atoms with Gasteiger partial charge in [0.25, 0.3) is 0 Å². The summed E-state index contributed by atoms with van der Waals surface area (Å²) in [7, 11) is 0. The Morgan fingerprint density at radius 2 is 2.00 bits per heavy atom. The van der Waals surface area contributed by atoms with Crippen molar-refractivity contribution < 1.29 is 4.92 Å². The fraction of sp³-hybridized carbons (Fsp3) is 0.167. The van der Waals surface area contributed by atoms with Crippen LogP contribution in [0, 0.1) is 10.1 Å². The van der Waals surface area contributed by atoms with Crippen LogP contribution in [0.3, 0.4) is 0 Å². The summed E-state index contributed by atoms with van der Waals surface area (Å²) < 4.78 is 0. The topological polar surface area (TPSA) is 81.0 Å². The predicted octanol–water partition coefficient (Wildman–Crippen LogP) is 2.69. The highest BCUT2D eigenvalue weighted by atomic mass is 35.5. The second kappa shape index (κ2) is 6.10. The highest BCUT2D eigenvalue weighted by Crippen LogP contribution is 2.29. The van der Waals surface area contributed by atoms with E-state index in [1.165, 1.54) is 12.3 Å². The van der Waals surface area contributed by atoms with E-state index in [1.54, 1.807) is 12.4 Å². The van der Waals surface area contributed by atoms with Crippen LogP contribution >= 0.6 is 11.6 Å². The molecule has 2 aromatic rings. The van der Waals surface area contributed by atoms with Crippen LogP contribution in [0.2, 0.25) is 5.02 Å². The van der Waals surface area contributed by atoms with Gasteiger partial charge in [0.05, 0.1) is 4.92 Å². The summed E-state index contributed by atoms with van der Waals surface area (Å²) in [6.45, 7) is 0.526. The zero-order valence-electron chi connectivity index (χ0n) is 9.91. The predicted molar refractivity (Wildman–Crippen MR) is 72.3 cm³/mol. The van der Waals surface area contributed by atoms with Crippen molar-refractivity contribution in [2.24, 2.45) is 0 Å². The Balaban J connectivity index is 2.04. The number of nitrogens with one attached hydrogen (secondary N) is 1. The molecule has 0 bridgehead atoms. The van der Waals surface area contributed by atoms with E-state index in [9.17, 15) is 10.1 Å². The number of hydrogen-bond acceptors (Lipinski definition) is 5. The molecule has 0 fully saturated rings. The van der Waals surface area contributed by atoms with Gasteiger partial charge in [-0.2, -0.15) is 0 Å². The normalized spacial score (nSPS) is 10.2. The second-order valence-electron chi connectivity index (χ2n) is 3.78. The van der Waals surface area contributed by atoms with Crippen molar-refractivity contribution in [2.45, 2.75) is 6.42 Å². The lowest BCUT2D eigenvalue weighted by Crippen LogP contribution is -2.08. The van der Waals surface area contributed by atoms with E-state index < -0.39 is 4.92 Å². The molecule has 0 radical (unpaired) electrons. The smallest absolute Gasteiger partial charge is 0.329 e. The molecule has 0 saturated heterocycles. The largest absolute Gasteiger partial charge is 0.364 e. The van der Waals surface area contributed by atoms with Gasteiger partial charge in [0.15, 0.2) is 0 Å². The maximum atomic E-state index is 10.9. The van der Waals surface area contributed by atoms with Crippen LogP contribution in [-0.2, 0) is 6.42 Å². The van der Waals surface area contributed by atoms with Crippen molar-refractivity contribution in [3.63, 3.8) is 0 Å². The number of aromatic nitrogens is 2. The molecule has 0 amide bonds. The molecule has 2 heterocycles. The number of hydrogen-bond donors (Lipinski definition) is 1. The third-order valence-corrected chi connectivity index (χ3v) is 2.82. The van der Waals surface area contributed by atoms with Gasteiger partial charge in [-0.25, -0.2) is 4.98 Å². The average Bonchev–Trinajstić information content (AvgIpc) is 2.39. The summed E-state index contributed by atoms with van der Waals surface area (Å²) in [5.74, 6) is 0.187. The van der Waals surface area contributed by atoms with Crippen molar-refractivity contribution in [3.8, 4) is 0 Å². The van der Waals surface area contributed by atoms with Gasteiger partial charge in [0.2, 0.25) is 5.82 Å². The summed E-state index contributed by atoms with van der Waals surface area (Å²) in [6, 6.07) is 5.18. The van der Waals surface area contributed by atoms with Gasteiger partial charge >= 0.3 is 5.69 Å². The molecule has 0 atom stereocenters. The Morgan fingerprint density at radius 3 is 2.68 bits per heavy atom. The Bertz CT molecular complexity index is 577. The van der Waals surface area contributed by atoms with Crippen LogP contribution in [0.25, 0.3) is 0 Å². The van der Waals surface area contributed by atoms with Crippen LogP contribution in [0.4, 0.5) is 11.5 Å². The van der Waals surface area contributed by atoms with Gasteiger partial charge in [-0.15, -0.1) is 0 Å². The van der Waals surface area contributed by atoms with Gasteiger partial charge in [-0.1, -0.05) is 11.6 Å². The molecule has 19 heavy (non-hydrogen) atoms. The molecular weight excluding hydrogens is 268 g/mol. The lowest BCUT2D eigenvalue weighted by atomic mass is 10.2. The van der Waals surface area contributed by atoms with E-state index in [0.717, 1.165) is 5.56 Å². The maximum absolute atomic E-state index is 10.9. The molecular formula is C12H11ClN4O2. The Morgan fingerprint density at radius 1 is 1.26 bits per heavy atom. The zero-order valence-corrected chi connectivity index (χ0v) is 10.7. The van der Waals surface area contributed by atoms with Crippen LogP contribution in [0.1, 0.15) is 5.56 Å². The number of anilines is 1. The third-order valence-electron chi connectivity index (χ3n) is 2.51. The first-order valence-corrected chi connectivity index (χ1v) is 5.98. The monoisotopic (exact) mass is 278 g/mol. The number of nitrogens with zero attached hydrogens (tertiary/aromatic N) is 3. The molecule has 2 aromatic heterocycles. The summed E-state index contributed by atoms with van der Waals surface area (Å²) in [5, 5.41) is 13.9. The molecule has 6 nitrogen and oxygen atoms in total. The number of pyridine rings is 2. The first kappa shape index (κ1) is 13.2. The summed E-state index contributed by atoms with van der Waals surface area (Å²) in [5.41, 5.74) is 0.895. The number of nitro groups is 1. The molecule has 98 valence electrons. The van der Waals surface area contributed by atoms with Crippen molar-refractivity contribution in [3.05, 3.63) is 57.5 Å². The third kappa shape index (κ3) is 3.38. The lowest BCUT2D eigenvalue weighted by Gasteiger charge is -2.06. The van der Waals surface area contributed by atoms with Gasteiger partial charge < -0.3 is 5.32 Å². The van der Waals surface area contributed by atoms with Gasteiger partial charge in [-0.05, 0) is 30.2 Å². The molecule has 0 aromatic carbocycles. The Labute approximate surface area is 114 Å². The summed E-state index contributed by atoms with van der Waals surface area (Å²) in [6.07, 6.45) is 5.56. The first-order valence-electron chi connectivity index (χ1n) is 5.60.